The number of urea groups is 1. The van der Waals surface area contributed by atoms with Crippen molar-refractivity contribution >= 4 is 12.1 Å². The highest BCUT2D eigenvalue weighted by Crippen LogP contribution is 2.17. The monoisotopic (exact) mass is 229 g/mol. The van der Waals surface area contributed by atoms with E-state index in [1.807, 2.05) is 6.92 Å². The molecule has 1 aliphatic heterocycles. The van der Waals surface area contributed by atoms with Crippen molar-refractivity contribution in [3.05, 3.63) is 0 Å². The zero-order valence-electron chi connectivity index (χ0n) is 9.93. The molecule has 3 amide bonds. The van der Waals surface area contributed by atoms with Crippen LogP contribution in [-0.2, 0) is 0 Å². The van der Waals surface area contributed by atoms with E-state index in [1.54, 1.807) is 14.1 Å². The van der Waals surface area contributed by atoms with Crippen molar-refractivity contribution in [3.8, 4) is 0 Å². The first-order valence-corrected chi connectivity index (χ1v) is 5.41. The Bertz CT molecular complexity index is 280. The Morgan fingerprint density at radius 1 is 1.44 bits per heavy atom. The highest BCUT2D eigenvalue weighted by atomic mass is 16.4. The molecule has 1 fully saturated rings. The third kappa shape index (κ3) is 2.77. The second kappa shape index (κ2) is 5.05. The second-order valence-corrected chi connectivity index (χ2v) is 4.31. The number of hydrogen-bond acceptors (Lipinski definition) is 2. The number of piperidine rings is 1. The molecule has 0 spiro atoms. The van der Waals surface area contributed by atoms with Gasteiger partial charge in [-0.2, -0.15) is 0 Å². The van der Waals surface area contributed by atoms with Crippen molar-refractivity contribution in [2.75, 3.05) is 20.6 Å². The summed E-state index contributed by atoms with van der Waals surface area (Å²) in [7, 11) is 3.33. The average Bonchev–Trinajstić information content (AvgIpc) is 2.20. The van der Waals surface area contributed by atoms with Gasteiger partial charge in [-0.3, -0.25) is 0 Å². The average molecular weight is 229 g/mol. The van der Waals surface area contributed by atoms with Gasteiger partial charge in [0, 0.05) is 20.6 Å². The summed E-state index contributed by atoms with van der Waals surface area (Å²) >= 11 is 0. The molecule has 1 saturated heterocycles. The molecule has 2 N–H and O–H groups in total. The van der Waals surface area contributed by atoms with Gasteiger partial charge in [-0.15, -0.1) is 0 Å². The van der Waals surface area contributed by atoms with Crippen LogP contribution in [0.1, 0.15) is 19.8 Å². The van der Waals surface area contributed by atoms with Crippen molar-refractivity contribution in [2.24, 2.45) is 0 Å². The summed E-state index contributed by atoms with van der Waals surface area (Å²) in [6.45, 7) is 2.37. The molecule has 1 heterocycles. The topological polar surface area (TPSA) is 72.9 Å². The first-order valence-electron chi connectivity index (χ1n) is 5.41. The summed E-state index contributed by atoms with van der Waals surface area (Å²) in [6.07, 6.45) is 0.691. The number of hydrogen-bond donors (Lipinski definition) is 2. The molecule has 0 aromatic rings. The number of rotatable bonds is 1. The van der Waals surface area contributed by atoms with Gasteiger partial charge in [-0.25, -0.2) is 9.59 Å². The zero-order chi connectivity index (χ0) is 12.3. The smallest absolute Gasteiger partial charge is 0.407 e. The van der Waals surface area contributed by atoms with Crippen LogP contribution in [0.3, 0.4) is 0 Å². The number of carbonyl (C=O) groups excluding carboxylic acids is 1. The highest BCUT2D eigenvalue weighted by molar-refractivity contribution is 5.74. The van der Waals surface area contributed by atoms with E-state index in [0.717, 1.165) is 12.8 Å². The van der Waals surface area contributed by atoms with Crippen LogP contribution in [0.4, 0.5) is 9.59 Å². The lowest BCUT2D eigenvalue weighted by molar-refractivity contribution is 0.0962. The normalized spacial score (nSPS) is 25.1. The lowest BCUT2D eigenvalue weighted by Gasteiger charge is -2.38. The van der Waals surface area contributed by atoms with Gasteiger partial charge in [0.1, 0.15) is 0 Å². The maximum atomic E-state index is 11.5. The van der Waals surface area contributed by atoms with Gasteiger partial charge in [0.05, 0.1) is 12.1 Å². The van der Waals surface area contributed by atoms with E-state index < -0.39 is 6.09 Å². The Labute approximate surface area is 95.2 Å². The van der Waals surface area contributed by atoms with Crippen LogP contribution in [0.5, 0.6) is 0 Å². The van der Waals surface area contributed by atoms with Crippen molar-refractivity contribution in [3.63, 3.8) is 0 Å². The number of amides is 3. The molecule has 1 aliphatic rings. The SMILES string of the molecule is CC1C(NC(=O)N(C)C)CCCN1C(=O)O. The lowest BCUT2D eigenvalue weighted by Crippen LogP contribution is -2.56. The molecule has 0 bridgehead atoms. The van der Waals surface area contributed by atoms with Crippen molar-refractivity contribution < 1.29 is 14.7 Å². The molecule has 0 saturated carbocycles. The number of likely N-dealkylation sites (tertiary alicyclic amines) is 1. The summed E-state index contributed by atoms with van der Waals surface area (Å²) in [4.78, 5) is 25.2. The van der Waals surface area contributed by atoms with Gasteiger partial charge >= 0.3 is 12.1 Å². The molecule has 16 heavy (non-hydrogen) atoms. The van der Waals surface area contributed by atoms with Crippen LogP contribution in [0, 0.1) is 0 Å². The molecule has 6 heteroatoms. The summed E-state index contributed by atoms with van der Waals surface area (Å²) < 4.78 is 0. The van der Waals surface area contributed by atoms with Crippen LogP contribution in [0.2, 0.25) is 0 Å². The van der Waals surface area contributed by atoms with Crippen LogP contribution >= 0.6 is 0 Å². The predicted molar refractivity (Wildman–Crippen MR) is 59.4 cm³/mol. The second-order valence-electron chi connectivity index (χ2n) is 4.31. The van der Waals surface area contributed by atoms with Gasteiger partial charge in [-0.1, -0.05) is 0 Å². The third-order valence-electron chi connectivity index (χ3n) is 2.95. The third-order valence-corrected chi connectivity index (χ3v) is 2.95. The number of nitrogens with one attached hydrogen (secondary N) is 1. The van der Waals surface area contributed by atoms with E-state index >= 15 is 0 Å². The summed E-state index contributed by atoms with van der Waals surface area (Å²) in [5.41, 5.74) is 0. The fourth-order valence-electron chi connectivity index (χ4n) is 1.89. The minimum Gasteiger partial charge on any atom is -0.465 e. The standard InChI is InChI=1S/C10H19N3O3/c1-7-8(11-9(14)12(2)3)5-4-6-13(7)10(15)16/h7-8H,4-6H2,1-3H3,(H,11,14)(H,15,16). The molecule has 0 radical (unpaired) electrons. The van der Waals surface area contributed by atoms with Gasteiger partial charge in [-0.05, 0) is 19.8 Å². The molecule has 0 aromatic carbocycles. The van der Waals surface area contributed by atoms with Crippen molar-refractivity contribution in [2.45, 2.75) is 31.8 Å². The Morgan fingerprint density at radius 2 is 2.06 bits per heavy atom. The van der Waals surface area contributed by atoms with Crippen LogP contribution < -0.4 is 5.32 Å². The van der Waals surface area contributed by atoms with E-state index in [-0.39, 0.29) is 18.1 Å². The first kappa shape index (κ1) is 12.6. The van der Waals surface area contributed by atoms with E-state index in [1.165, 1.54) is 9.80 Å². The van der Waals surface area contributed by atoms with Gasteiger partial charge in [0.15, 0.2) is 0 Å². The minimum atomic E-state index is -0.920. The summed E-state index contributed by atoms with van der Waals surface area (Å²) in [5.74, 6) is 0. The predicted octanol–water partition coefficient (Wildman–Crippen LogP) is 0.788. The quantitative estimate of drug-likeness (QED) is 0.698. The Hall–Kier alpha value is -1.46. The fourth-order valence-corrected chi connectivity index (χ4v) is 1.89. The van der Waals surface area contributed by atoms with Gasteiger partial charge in [0.2, 0.25) is 0 Å². The Kier molecular flexibility index (Phi) is 3.98. The number of nitrogens with zero attached hydrogens (tertiary/aromatic N) is 2. The summed E-state index contributed by atoms with van der Waals surface area (Å²) in [6, 6.07) is -0.445. The first-order chi connectivity index (χ1) is 7.43. The molecule has 1 rings (SSSR count). The van der Waals surface area contributed by atoms with E-state index in [9.17, 15) is 9.59 Å². The van der Waals surface area contributed by atoms with Gasteiger partial charge in [0.25, 0.3) is 0 Å². The highest BCUT2D eigenvalue weighted by Gasteiger charge is 2.31. The Morgan fingerprint density at radius 3 is 2.56 bits per heavy atom. The molecule has 2 atom stereocenters. The zero-order valence-corrected chi connectivity index (χ0v) is 9.93. The molecule has 0 aliphatic carbocycles. The van der Waals surface area contributed by atoms with Crippen molar-refractivity contribution in [1.82, 2.24) is 15.1 Å². The van der Waals surface area contributed by atoms with E-state index in [2.05, 4.69) is 5.32 Å². The minimum absolute atomic E-state index is 0.0975. The molecule has 92 valence electrons. The Balaban J connectivity index is 2.60. The molecular weight excluding hydrogens is 210 g/mol. The fraction of sp³-hybridized carbons (Fsp3) is 0.800. The number of carbonyl (C=O) groups is 2. The van der Waals surface area contributed by atoms with E-state index in [4.69, 9.17) is 5.11 Å². The molecule has 2 unspecified atom stereocenters. The van der Waals surface area contributed by atoms with E-state index in [0.29, 0.717) is 6.54 Å². The van der Waals surface area contributed by atoms with Crippen LogP contribution in [0.15, 0.2) is 0 Å². The molecule has 6 nitrogen and oxygen atoms in total. The van der Waals surface area contributed by atoms with Crippen molar-refractivity contribution in [1.29, 1.82) is 0 Å². The molecular formula is C10H19N3O3. The maximum absolute atomic E-state index is 11.5. The molecule has 0 aromatic heterocycles. The largest absolute Gasteiger partial charge is 0.465 e. The number of carboxylic acid groups (broad SMARTS) is 1. The van der Waals surface area contributed by atoms with Gasteiger partial charge < -0.3 is 20.2 Å². The summed E-state index contributed by atoms with van der Waals surface area (Å²) in [5, 5.41) is 11.8. The van der Waals surface area contributed by atoms with Crippen LogP contribution in [0.25, 0.3) is 0 Å². The van der Waals surface area contributed by atoms with Crippen LogP contribution in [-0.4, -0.2) is 59.8 Å². The maximum Gasteiger partial charge on any atom is 0.407 e. The lowest BCUT2D eigenvalue weighted by atomic mass is 9.98.